The topological polar surface area (TPSA) is 50.6 Å². The van der Waals surface area contributed by atoms with E-state index in [-0.39, 0.29) is 23.5 Å². The van der Waals surface area contributed by atoms with Crippen molar-refractivity contribution in [3.05, 3.63) is 81.8 Å². The fourth-order valence-corrected chi connectivity index (χ4v) is 5.23. The smallest absolute Gasteiger partial charge is 0.277 e. The Kier molecular flexibility index (Phi) is 5.66. The number of aromatic nitrogens is 2. The number of piperazine rings is 1. The van der Waals surface area contributed by atoms with Crippen LogP contribution >= 0.6 is 0 Å². The van der Waals surface area contributed by atoms with E-state index in [1.54, 1.807) is 4.90 Å². The molecule has 172 valence electrons. The number of aryl methyl sites for hydroxylation is 3. The molecule has 0 spiro atoms. The molecule has 33 heavy (non-hydrogen) atoms. The van der Waals surface area contributed by atoms with Crippen LogP contribution in [-0.2, 0) is 6.54 Å². The second-order valence-electron chi connectivity index (χ2n) is 8.99. The van der Waals surface area contributed by atoms with E-state index < -0.39 is 5.82 Å². The van der Waals surface area contributed by atoms with Crippen LogP contribution in [0.3, 0.4) is 0 Å². The quantitative estimate of drug-likeness (QED) is 0.608. The minimum absolute atomic E-state index is 0.0754. The summed E-state index contributed by atoms with van der Waals surface area (Å²) < 4.78 is 21.4. The Bertz CT molecular complexity index is 1160. The van der Waals surface area contributed by atoms with Crippen molar-refractivity contribution in [1.29, 1.82) is 0 Å². The first-order valence-corrected chi connectivity index (χ1v) is 11.5. The molecule has 3 aromatic rings. The zero-order chi connectivity index (χ0) is 23.1. The SMILES string of the molecule is Cc1cc(C)c(C(c2ccccc2)N2CCN(C(=O)c3nn4c(c3F)OCC4)CC2)c(C)c1. The summed E-state index contributed by atoms with van der Waals surface area (Å²) in [4.78, 5) is 17.2. The molecule has 6 nitrogen and oxygen atoms in total. The van der Waals surface area contributed by atoms with E-state index in [0.717, 1.165) is 0 Å². The lowest BCUT2D eigenvalue weighted by Crippen LogP contribution is -2.50. The molecule has 2 aliphatic rings. The molecule has 1 aromatic heterocycles. The molecule has 1 amide bonds. The molecule has 0 bridgehead atoms. The van der Waals surface area contributed by atoms with Crippen molar-refractivity contribution >= 4 is 5.91 Å². The van der Waals surface area contributed by atoms with Crippen molar-refractivity contribution in [1.82, 2.24) is 19.6 Å². The lowest BCUT2D eigenvalue weighted by molar-refractivity contribution is 0.0585. The van der Waals surface area contributed by atoms with Crippen LogP contribution in [0.5, 0.6) is 5.88 Å². The van der Waals surface area contributed by atoms with Crippen LogP contribution in [0.2, 0.25) is 0 Å². The third-order valence-corrected chi connectivity index (χ3v) is 6.69. The third-order valence-electron chi connectivity index (χ3n) is 6.69. The second-order valence-corrected chi connectivity index (χ2v) is 8.99. The van der Waals surface area contributed by atoms with Gasteiger partial charge in [-0.3, -0.25) is 9.69 Å². The van der Waals surface area contributed by atoms with E-state index in [4.69, 9.17) is 4.74 Å². The lowest BCUT2D eigenvalue weighted by Gasteiger charge is -2.40. The van der Waals surface area contributed by atoms with Gasteiger partial charge in [0.05, 0.1) is 12.6 Å². The first-order chi connectivity index (χ1) is 15.9. The number of hydrogen-bond acceptors (Lipinski definition) is 4. The summed E-state index contributed by atoms with van der Waals surface area (Å²) in [5.74, 6) is -0.934. The summed E-state index contributed by atoms with van der Waals surface area (Å²) in [7, 11) is 0. The highest BCUT2D eigenvalue weighted by atomic mass is 19.1. The molecule has 0 radical (unpaired) electrons. The molecule has 0 N–H and O–H groups in total. The Morgan fingerprint density at radius 2 is 1.67 bits per heavy atom. The molecule has 3 heterocycles. The maximum atomic E-state index is 14.6. The predicted molar refractivity (Wildman–Crippen MR) is 124 cm³/mol. The van der Waals surface area contributed by atoms with Crippen LogP contribution in [0.4, 0.5) is 4.39 Å². The van der Waals surface area contributed by atoms with Crippen molar-refractivity contribution in [3.63, 3.8) is 0 Å². The number of halogens is 1. The van der Waals surface area contributed by atoms with Crippen LogP contribution in [0.25, 0.3) is 0 Å². The summed E-state index contributed by atoms with van der Waals surface area (Å²) in [5, 5.41) is 4.16. The van der Waals surface area contributed by atoms with Crippen LogP contribution < -0.4 is 4.74 Å². The van der Waals surface area contributed by atoms with Crippen LogP contribution in [0.1, 0.15) is 44.3 Å². The molecule has 2 aliphatic heterocycles. The Balaban J connectivity index is 1.39. The van der Waals surface area contributed by atoms with Gasteiger partial charge in [-0.1, -0.05) is 48.0 Å². The highest BCUT2D eigenvalue weighted by Gasteiger charge is 2.34. The van der Waals surface area contributed by atoms with Gasteiger partial charge in [0.25, 0.3) is 5.91 Å². The highest BCUT2D eigenvalue weighted by Crippen LogP contribution is 2.35. The number of hydrogen-bond donors (Lipinski definition) is 0. The van der Waals surface area contributed by atoms with E-state index in [9.17, 15) is 9.18 Å². The van der Waals surface area contributed by atoms with Gasteiger partial charge >= 0.3 is 0 Å². The molecular formula is C26H29FN4O2. The summed E-state index contributed by atoms with van der Waals surface area (Å²) >= 11 is 0. The van der Waals surface area contributed by atoms with Gasteiger partial charge in [0.15, 0.2) is 5.69 Å². The highest BCUT2D eigenvalue weighted by molar-refractivity contribution is 5.93. The maximum Gasteiger partial charge on any atom is 0.277 e. The minimum Gasteiger partial charge on any atom is -0.474 e. The fraction of sp³-hybridized carbons (Fsp3) is 0.385. The zero-order valence-corrected chi connectivity index (χ0v) is 19.3. The molecule has 7 heteroatoms. The number of rotatable bonds is 4. The molecule has 1 unspecified atom stereocenters. The Hall–Kier alpha value is -3.19. The molecule has 1 fully saturated rings. The van der Waals surface area contributed by atoms with Crippen molar-refractivity contribution < 1.29 is 13.9 Å². The third kappa shape index (κ3) is 3.91. The number of ether oxygens (including phenoxy) is 1. The molecular weight excluding hydrogens is 419 g/mol. The second kappa shape index (κ2) is 8.63. The summed E-state index contributed by atoms with van der Waals surface area (Å²) in [5.41, 5.74) is 6.22. The number of nitrogens with zero attached hydrogens (tertiary/aromatic N) is 4. The van der Waals surface area contributed by atoms with E-state index in [1.807, 2.05) is 6.07 Å². The monoisotopic (exact) mass is 448 g/mol. The molecule has 5 rings (SSSR count). The minimum atomic E-state index is -0.645. The van der Waals surface area contributed by atoms with Crippen LogP contribution in [-0.4, -0.2) is 58.3 Å². The van der Waals surface area contributed by atoms with E-state index >= 15 is 0 Å². The maximum absolute atomic E-state index is 14.6. The largest absolute Gasteiger partial charge is 0.474 e. The molecule has 1 saturated heterocycles. The van der Waals surface area contributed by atoms with Crippen molar-refractivity contribution in [2.75, 3.05) is 32.8 Å². The number of carbonyl (C=O) groups excluding carboxylic acids is 1. The van der Waals surface area contributed by atoms with Gasteiger partial charge in [-0.15, -0.1) is 0 Å². The Morgan fingerprint density at radius 1 is 1.00 bits per heavy atom. The molecule has 2 aromatic carbocycles. The van der Waals surface area contributed by atoms with Gasteiger partial charge in [-0.2, -0.15) is 9.49 Å². The van der Waals surface area contributed by atoms with Gasteiger partial charge < -0.3 is 9.64 Å². The normalized spacial score (nSPS) is 17.0. The predicted octanol–water partition coefficient (Wildman–Crippen LogP) is 3.89. The van der Waals surface area contributed by atoms with Gasteiger partial charge in [-0.25, -0.2) is 4.68 Å². The van der Waals surface area contributed by atoms with Gasteiger partial charge in [0.1, 0.15) is 6.61 Å². The zero-order valence-electron chi connectivity index (χ0n) is 19.3. The van der Waals surface area contributed by atoms with Gasteiger partial charge in [0, 0.05) is 26.2 Å². The summed E-state index contributed by atoms with van der Waals surface area (Å²) in [6.45, 7) is 9.78. The average Bonchev–Trinajstić information content (AvgIpc) is 3.39. The van der Waals surface area contributed by atoms with Crippen molar-refractivity contribution in [2.45, 2.75) is 33.4 Å². The Morgan fingerprint density at radius 3 is 2.30 bits per heavy atom. The van der Waals surface area contributed by atoms with Crippen molar-refractivity contribution in [3.8, 4) is 5.88 Å². The van der Waals surface area contributed by atoms with Gasteiger partial charge in [0.2, 0.25) is 11.7 Å². The number of carbonyl (C=O) groups is 1. The Labute approximate surface area is 193 Å². The average molecular weight is 449 g/mol. The van der Waals surface area contributed by atoms with Crippen LogP contribution in [0.15, 0.2) is 42.5 Å². The first-order valence-electron chi connectivity index (χ1n) is 11.5. The number of benzene rings is 2. The first kappa shape index (κ1) is 21.6. The lowest BCUT2D eigenvalue weighted by atomic mass is 9.88. The van der Waals surface area contributed by atoms with Crippen LogP contribution in [0, 0.1) is 26.6 Å². The summed E-state index contributed by atoms with van der Waals surface area (Å²) in [6.07, 6.45) is 0. The number of amides is 1. The standard InChI is InChI=1S/C26H29FN4O2/c1-17-15-18(2)21(19(3)16-17)24(20-7-5-4-6-8-20)29-9-11-30(12-10-29)25(32)23-22(27)26-31(28-23)13-14-33-26/h4-8,15-16,24H,9-14H2,1-3H3. The van der Waals surface area contributed by atoms with Crippen molar-refractivity contribution in [2.24, 2.45) is 0 Å². The number of fused-ring (bicyclic) bond motifs is 1. The van der Waals surface area contributed by atoms with Gasteiger partial charge in [-0.05, 0) is 43.0 Å². The fourth-order valence-electron chi connectivity index (χ4n) is 5.23. The molecule has 0 saturated carbocycles. The molecule has 1 atom stereocenters. The van der Waals surface area contributed by atoms with E-state index in [0.29, 0.717) is 39.3 Å². The molecule has 0 aliphatic carbocycles. The van der Waals surface area contributed by atoms with E-state index in [1.165, 1.54) is 32.5 Å². The summed E-state index contributed by atoms with van der Waals surface area (Å²) in [6, 6.07) is 15.1. The van der Waals surface area contributed by atoms with E-state index in [2.05, 4.69) is 67.2 Å².